The van der Waals surface area contributed by atoms with E-state index in [1.54, 1.807) is 0 Å². The van der Waals surface area contributed by atoms with Crippen molar-refractivity contribution < 1.29 is 14.6 Å². The van der Waals surface area contributed by atoms with Gasteiger partial charge in [-0.2, -0.15) is 0 Å². The molecule has 0 saturated carbocycles. The summed E-state index contributed by atoms with van der Waals surface area (Å²) in [5.74, 6) is 0. The fourth-order valence-electron chi connectivity index (χ4n) is 2.99. The lowest BCUT2D eigenvalue weighted by Gasteiger charge is -2.31. The third-order valence-corrected chi connectivity index (χ3v) is 4.78. The lowest BCUT2D eigenvalue weighted by atomic mass is 9.77. The molecule has 23 heavy (non-hydrogen) atoms. The minimum Gasteiger partial charge on any atom is -0.220 e. The average Bonchev–Trinajstić information content (AvgIpc) is 2.41. The van der Waals surface area contributed by atoms with Gasteiger partial charge in [0.2, 0.25) is 0 Å². The molecule has 0 aliphatic carbocycles. The molecule has 0 unspecified atom stereocenters. The molecular weight excluding hydrogens is 308 g/mol. The van der Waals surface area contributed by atoms with Crippen LogP contribution in [0.4, 0.5) is 0 Å². The molecule has 0 spiro atoms. The van der Waals surface area contributed by atoms with Crippen molar-refractivity contribution in [1.29, 1.82) is 0 Å². The second-order valence-electron chi connectivity index (χ2n) is 8.02. The average molecular weight is 334 g/mol. The van der Waals surface area contributed by atoms with Gasteiger partial charge in [0.1, 0.15) is 0 Å². The van der Waals surface area contributed by atoms with E-state index in [-0.39, 0.29) is 10.8 Å². The van der Waals surface area contributed by atoms with Crippen LogP contribution in [0.25, 0.3) is 10.8 Å². The Morgan fingerprint density at radius 2 is 1.61 bits per heavy atom. The van der Waals surface area contributed by atoms with Crippen molar-refractivity contribution in [3.63, 3.8) is 0 Å². The largest absolute Gasteiger partial charge is 0.220 e. The molecule has 0 aromatic heterocycles. The molecule has 0 amide bonds. The maximum Gasteiger partial charge on any atom is 0.0720 e. The summed E-state index contributed by atoms with van der Waals surface area (Å²) in [5.41, 5.74) is 3.53. The Morgan fingerprint density at radius 3 is 2.13 bits per heavy atom. The van der Waals surface area contributed by atoms with Crippen LogP contribution in [0.15, 0.2) is 29.2 Å². The Labute approximate surface area is 143 Å². The molecule has 0 aliphatic heterocycles. The second-order valence-corrected chi connectivity index (χ2v) is 8.74. The highest BCUT2D eigenvalue weighted by molar-refractivity contribution is 7.94. The maximum atomic E-state index is 8.63. The molecule has 0 atom stereocenters. The van der Waals surface area contributed by atoms with Crippen LogP contribution in [-0.4, -0.2) is 5.26 Å². The molecule has 0 bridgehead atoms. The summed E-state index contributed by atoms with van der Waals surface area (Å²) in [4.78, 5) is 1.01. The van der Waals surface area contributed by atoms with Crippen molar-refractivity contribution in [1.82, 2.24) is 0 Å². The van der Waals surface area contributed by atoms with Crippen LogP contribution in [-0.2, 0) is 20.2 Å². The first-order chi connectivity index (χ1) is 10.6. The number of fused-ring (bicyclic) bond motifs is 1. The van der Waals surface area contributed by atoms with Crippen LogP contribution in [0, 0.1) is 6.92 Å². The Balaban J connectivity index is 2.95. The lowest BCUT2D eigenvalue weighted by molar-refractivity contribution is -0.432. The molecule has 0 fully saturated rings. The van der Waals surface area contributed by atoms with E-state index in [0.29, 0.717) is 0 Å². The fourth-order valence-corrected chi connectivity index (χ4v) is 4.05. The van der Waals surface area contributed by atoms with Gasteiger partial charge in [0.05, 0.1) is 12.0 Å². The predicted molar refractivity (Wildman–Crippen MR) is 96.7 cm³/mol. The van der Waals surface area contributed by atoms with Crippen molar-refractivity contribution in [2.45, 2.75) is 64.2 Å². The van der Waals surface area contributed by atoms with Crippen LogP contribution >= 0.6 is 12.0 Å². The SMILES string of the molecule is Cc1cccc2c(C(C)(C)C)c(SOOO)c(C(C)(C)C)cc12. The van der Waals surface area contributed by atoms with E-state index in [1.807, 2.05) is 0 Å². The molecule has 0 aliphatic rings. The normalized spacial score (nSPS) is 12.9. The van der Waals surface area contributed by atoms with Crippen LogP contribution in [0.5, 0.6) is 0 Å². The van der Waals surface area contributed by atoms with Crippen LogP contribution in [0.1, 0.15) is 58.2 Å². The number of rotatable bonds is 3. The van der Waals surface area contributed by atoms with Gasteiger partial charge in [-0.25, -0.2) is 5.26 Å². The minimum atomic E-state index is -0.0749. The Bertz CT molecular complexity index is 709. The molecular formula is C19H26O3S. The van der Waals surface area contributed by atoms with Gasteiger partial charge < -0.3 is 0 Å². The third kappa shape index (κ3) is 3.72. The molecule has 3 nitrogen and oxygen atoms in total. The van der Waals surface area contributed by atoms with E-state index in [9.17, 15) is 0 Å². The third-order valence-electron chi connectivity index (χ3n) is 4.06. The first kappa shape index (κ1) is 18.3. The van der Waals surface area contributed by atoms with Gasteiger partial charge in [0.15, 0.2) is 0 Å². The molecule has 0 saturated heterocycles. The number of benzene rings is 2. The van der Waals surface area contributed by atoms with Crippen LogP contribution in [0.2, 0.25) is 0 Å². The lowest BCUT2D eigenvalue weighted by Crippen LogP contribution is -2.20. The molecule has 126 valence electrons. The number of aryl methyl sites for hydroxylation is 1. The summed E-state index contributed by atoms with van der Waals surface area (Å²) in [5, 5.41) is 15.0. The van der Waals surface area contributed by atoms with Gasteiger partial charge in [-0.05, 0) is 51.3 Å². The molecule has 4 heteroatoms. The van der Waals surface area contributed by atoms with E-state index in [1.165, 1.54) is 27.5 Å². The van der Waals surface area contributed by atoms with Crippen molar-refractivity contribution in [2.75, 3.05) is 0 Å². The molecule has 0 radical (unpaired) electrons. The topological polar surface area (TPSA) is 38.7 Å². The molecule has 2 aromatic rings. The Kier molecular flexibility index (Phi) is 5.12. The fraction of sp³-hybridized carbons (Fsp3) is 0.474. The van der Waals surface area contributed by atoms with Gasteiger partial charge >= 0.3 is 0 Å². The van der Waals surface area contributed by atoms with Gasteiger partial charge in [-0.1, -0.05) is 64.8 Å². The van der Waals surface area contributed by atoms with Gasteiger partial charge in [-0.15, -0.1) is 4.33 Å². The molecule has 0 heterocycles. The van der Waals surface area contributed by atoms with Crippen LogP contribution < -0.4 is 0 Å². The minimum absolute atomic E-state index is 0.0579. The second kappa shape index (κ2) is 6.44. The zero-order chi connectivity index (χ0) is 17.4. The highest BCUT2D eigenvalue weighted by atomic mass is 32.2. The standard InChI is InChI=1S/C19H26O3S/c1-12-9-8-10-13-14(12)11-15(18(2,3)4)17(23-22-21-20)16(13)19(5,6)7/h8-11,20H,1-7H3. The number of hydrogen-bond donors (Lipinski definition) is 1. The first-order valence-electron chi connectivity index (χ1n) is 7.79. The van der Waals surface area contributed by atoms with Crippen molar-refractivity contribution in [2.24, 2.45) is 0 Å². The zero-order valence-corrected chi connectivity index (χ0v) is 15.8. The van der Waals surface area contributed by atoms with Crippen molar-refractivity contribution in [3.05, 3.63) is 41.0 Å². The molecule has 1 N–H and O–H groups in total. The number of hydrogen-bond acceptors (Lipinski definition) is 4. The summed E-state index contributed by atoms with van der Waals surface area (Å²) >= 11 is 1.08. The summed E-state index contributed by atoms with van der Waals surface area (Å²) < 4.78 is 4.84. The molecule has 2 aromatic carbocycles. The van der Waals surface area contributed by atoms with Gasteiger partial charge in [0, 0.05) is 4.90 Å². The van der Waals surface area contributed by atoms with E-state index in [0.717, 1.165) is 16.9 Å². The first-order valence-corrected chi connectivity index (χ1v) is 8.53. The van der Waals surface area contributed by atoms with Gasteiger partial charge in [0.25, 0.3) is 0 Å². The zero-order valence-electron chi connectivity index (χ0n) is 15.0. The summed E-state index contributed by atoms with van der Waals surface area (Å²) in [6.07, 6.45) is 0. The van der Waals surface area contributed by atoms with Crippen LogP contribution in [0.3, 0.4) is 0 Å². The highest BCUT2D eigenvalue weighted by Gasteiger charge is 2.29. The summed E-state index contributed by atoms with van der Waals surface area (Å²) in [6, 6.07) is 8.62. The smallest absolute Gasteiger partial charge is 0.0720 e. The molecule has 2 rings (SSSR count). The van der Waals surface area contributed by atoms with Crippen molar-refractivity contribution >= 4 is 22.8 Å². The van der Waals surface area contributed by atoms with E-state index < -0.39 is 0 Å². The summed E-state index contributed by atoms with van der Waals surface area (Å²) in [6.45, 7) is 15.3. The van der Waals surface area contributed by atoms with E-state index in [4.69, 9.17) is 9.59 Å². The van der Waals surface area contributed by atoms with E-state index >= 15 is 0 Å². The van der Waals surface area contributed by atoms with Gasteiger partial charge in [-0.3, -0.25) is 0 Å². The monoisotopic (exact) mass is 334 g/mol. The quantitative estimate of drug-likeness (QED) is 0.414. The predicted octanol–water partition coefficient (Wildman–Crippen LogP) is 6.17. The highest BCUT2D eigenvalue weighted by Crippen LogP contribution is 2.45. The van der Waals surface area contributed by atoms with Crippen molar-refractivity contribution in [3.8, 4) is 0 Å². The summed E-state index contributed by atoms with van der Waals surface area (Å²) in [7, 11) is 0. The Hall–Kier alpha value is -1.07. The Morgan fingerprint density at radius 1 is 0.957 bits per heavy atom. The maximum absolute atomic E-state index is 8.63. The van der Waals surface area contributed by atoms with E-state index in [2.05, 4.69) is 77.8 Å².